The Bertz CT molecular complexity index is 5200. The summed E-state index contributed by atoms with van der Waals surface area (Å²) in [6.45, 7) is 0. The molecule has 0 fully saturated rings. The van der Waals surface area contributed by atoms with Crippen LogP contribution in [0, 0.1) is 0 Å². The highest BCUT2D eigenvalue weighted by molar-refractivity contribution is 6.19. The fourth-order valence-corrected chi connectivity index (χ4v) is 14.5. The van der Waals surface area contributed by atoms with Crippen molar-refractivity contribution >= 4 is 82.5 Å². The maximum absolute atomic E-state index is 2.69. The van der Waals surface area contributed by atoms with Gasteiger partial charge in [0.1, 0.15) is 0 Å². The zero-order valence-corrected chi connectivity index (χ0v) is 45.2. The molecule has 1 unspecified atom stereocenters. The molecule has 5 heterocycles. The molecular weight excluding hydrogens is 1000 g/mol. The molecule has 0 radical (unpaired) electrons. The van der Waals surface area contributed by atoms with Crippen LogP contribution >= 0.6 is 0 Å². The summed E-state index contributed by atoms with van der Waals surface area (Å²) in [5, 5.41) is 7.35. The van der Waals surface area contributed by atoms with Crippen molar-refractivity contribution in [2.24, 2.45) is 0 Å². The highest BCUT2D eigenvalue weighted by atomic mass is 15.2. The van der Waals surface area contributed by atoms with Gasteiger partial charge < -0.3 is 18.6 Å². The van der Waals surface area contributed by atoms with Gasteiger partial charge in [0, 0.05) is 55.2 Å². The molecule has 3 aromatic heterocycles. The van der Waals surface area contributed by atoms with Gasteiger partial charge in [0.2, 0.25) is 0 Å². The van der Waals surface area contributed by atoms with Crippen molar-refractivity contribution in [2.75, 3.05) is 4.90 Å². The van der Waals surface area contributed by atoms with Crippen LogP contribution in [0.5, 0.6) is 0 Å². The molecule has 18 rings (SSSR count). The molecule has 16 aromatic rings. The molecule has 83 heavy (non-hydrogen) atoms. The first-order valence-corrected chi connectivity index (χ1v) is 28.8. The molecule has 2 aliphatic rings. The van der Waals surface area contributed by atoms with Crippen LogP contribution in [0.3, 0.4) is 0 Å². The fourth-order valence-electron chi connectivity index (χ4n) is 14.5. The molecule has 0 spiro atoms. The predicted molar refractivity (Wildman–Crippen MR) is 347 cm³/mol. The summed E-state index contributed by atoms with van der Waals surface area (Å²) in [6, 6.07) is 111. The first-order valence-electron chi connectivity index (χ1n) is 28.8. The van der Waals surface area contributed by atoms with Crippen molar-refractivity contribution in [3.8, 4) is 61.6 Å². The monoisotopic (exact) mass is 1050 g/mol. The van der Waals surface area contributed by atoms with E-state index in [-0.39, 0.29) is 5.92 Å². The second kappa shape index (κ2) is 17.8. The summed E-state index contributed by atoms with van der Waals surface area (Å²) in [4.78, 5) is 2.55. The minimum absolute atomic E-state index is 0.201. The number of fused-ring (bicyclic) bond motifs is 13. The van der Waals surface area contributed by atoms with Crippen molar-refractivity contribution < 1.29 is 0 Å². The molecule has 0 saturated heterocycles. The summed E-state index contributed by atoms with van der Waals surface area (Å²) in [5.74, 6) is -0.201. The molecule has 2 aliphatic heterocycles. The van der Waals surface area contributed by atoms with E-state index in [0.717, 1.165) is 45.0 Å². The van der Waals surface area contributed by atoms with Crippen molar-refractivity contribution in [2.45, 2.75) is 5.92 Å². The Labute approximate surface area is 479 Å². The zero-order chi connectivity index (χ0) is 54.3. The van der Waals surface area contributed by atoms with Crippen LogP contribution in [0.15, 0.2) is 297 Å². The molecule has 0 aliphatic carbocycles. The number of aromatic nitrogens is 3. The molecule has 13 aromatic carbocycles. The van der Waals surface area contributed by atoms with Gasteiger partial charge in [0.15, 0.2) is 0 Å². The van der Waals surface area contributed by atoms with Crippen LogP contribution < -0.4 is 4.90 Å². The molecular formula is C79H50N4. The van der Waals surface area contributed by atoms with E-state index in [0.29, 0.717) is 0 Å². The van der Waals surface area contributed by atoms with Crippen LogP contribution in [0.2, 0.25) is 0 Å². The minimum Gasteiger partial charge on any atom is -0.308 e. The Kier molecular flexibility index (Phi) is 9.83. The van der Waals surface area contributed by atoms with E-state index in [1.807, 2.05) is 0 Å². The summed E-state index contributed by atoms with van der Waals surface area (Å²) < 4.78 is 7.91. The number of benzene rings is 13. The molecule has 0 amide bonds. The van der Waals surface area contributed by atoms with Crippen molar-refractivity contribution in [1.29, 1.82) is 0 Å². The molecule has 0 N–H and O–H groups in total. The van der Waals surface area contributed by atoms with E-state index in [9.17, 15) is 0 Å². The van der Waals surface area contributed by atoms with Gasteiger partial charge >= 0.3 is 0 Å². The van der Waals surface area contributed by atoms with E-state index in [4.69, 9.17) is 0 Å². The van der Waals surface area contributed by atoms with Crippen molar-refractivity contribution in [1.82, 2.24) is 13.7 Å². The minimum atomic E-state index is -0.201. The number of hydrogen-bond acceptors (Lipinski definition) is 1. The first kappa shape index (κ1) is 45.9. The number of rotatable bonds is 8. The number of hydrogen-bond donors (Lipinski definition) is 0. The topological polar surface area (TPSA) is 18.0 Å². The highest BCUT2D eigenvalue weighted by Gasteiger charge is 2.43. The Morgan fingerprint density at radius 1 is 0.253 bits per heavy atom. The molecule has 4 heteroatoms. The van der Waals surface area contributed by atoms with E-state index >= 15 is 0 Å². The van der Waals surface area contributed by atoms with Crippen LogP contribution in [0.1, 0.15) is 22.6 Å². The van der Waals surface area contributed by atoms with E-state index in [1.165, 1.54) is 116 Å². The maximum Gasteiger partial charge on any atom is 0.0951 e. The maximum atomic E-state index is 2.69. The van der Waals surface area contributed by atoms with Crippen molar-refractivity contribution in [3.05, 3.63) is 314 Å². The second-order valence-electron chi connectivity index (χ2n) is 22.4. The standard InChI is InChI=1S/C79H50N4/c1-7-23-50(24-8-1)54-39-41-70-62(43-54)64-45-56(52-27-11-3-12-28-52)47-66-74-67-48-57(53-29-13-4-14-30-53)46-65-63-44-55(51-25-9-2-10-26-51)40-42-71(63)83(77(65)67)79-75(74)72(82(70)76(64)66)49-73(81-68-37-21-19-35-60(68)61-36-20-22-38-69(61)81)78(79)80(58-31-15-5-16-32-58)59-33-17-6-18-34-59/h1-49,74H. The Balaban J connectivity index is 1.10. The third-order valence-electron chi connectivity index (χ3n) is 17.9. The van der Waals surface area contributed by atoms with Gasteiger partial charge in [-0.3, -0.25) is 0 Å². The lowest BCUT2D eigenvalue weighted by atomic mass is 9.76. The number of anilines is 3. The van der Waals surface area contributed by atoms with Gasteiger partial charge in [-0.25, -0.2) is 0 Å². The Morgan fingerprint density at radius 2 is 0.627 bits per heavy atom. The summed E-state index contributed by atoms with van der Waals surface area (Å²) in [6.07, 6.45) is 0. The van der Waals surface area contributed by atoms with Crippen LogP contribution in [-0.2, 0) is 0 Å². The molecule has 386 valence electrons. The zero-order valence-electron chi connectivity index (χ0n) is 45.2. The SMILES string of the molecule is c1ccc(-c2ccc3c(c2)c2cc(-c4ccccc4)cc4c2n3-c2cc(-n3c5ccccc5c5ccccc53)c(N(c3ccccc3)c3ccccc3)c3c2C4c2cc(-c4ccccc4)cc4c5cc(-c6ccccc6)ccc5n-3c24)cc1. The number of para-hydroxylation sites is 4. The quantitative estimate of drug-likeness (QED) is 0.148. The summed E-state index contributed by atoms with van der Waals surface area (Å²) in [7, 11) is 0. The lowest BCUT2D eigenvalue weighted by Gasteiger charge is -2.40. The average Bonchev–Trinajstić information content (AvgIpc) is 1.68. The van der Waals surface area contributed by atoms with E-state index in [1.54, 1.807) is 0 Å². The van der Waals surface area contributed by atoms with Crippen LogP contribution in [0.4, 0.5) is 17.1 Å². The van der Waals surface area contributed by atoms with Gasteiger partial charge in [-0.05, 0) is 147 Å². The lowest BCUT2D eigenvalue weighted by molar-refractivity contribution is 0.880. The lowest BCUT2D eigenvalue weighted by Crippen LogP contribution is -2.26. The summed E-state index contributed by atoms with van der Waals surface area (Å²) >= 11 is 0. The Morgan fingerprint density at radius 3 is 1.10 bits per heavy atom. The third kappa shape index (κ3) is 6.69. The van der Waals surface area contributed by atoms with Gasteiger partial charge in [0.05, 0.1) is 55.8 Å². The fraction of sp³-hybridized carbons (Fsp3) is 0.0127. The third-order valence-corrected chi connectivity index (χ3v) is 17.9. The van der Waals surface area contributed by atoms with Gasteiger partial charge in [-0.15, -0.1) is 0 Å². The Hall–Kier alpha value is -10.9. The van der Waals surface area contributed by atoms with Gasteiger partial charge in [-0.2, -0.15) is 0 Å². The van der Waals surface area contributed by atoms with E-state index < -0.39 is 0 Å². The molecule has 1 atom stereocenters. The van der Waals surface area contributed by atoms with Crippen LogP contribution in [0.25, 0.3) is 127 Å². The molecule has 0 saturated carbocycles. The smallest absolute Gasteiger partial charge is 0.0951 e. The van der Waals surface area contributed by atoms with E-state index in [2.05, 4.69) is 316 Å². The largest absolute Gasteiger partial charge is 0.308 e. The predicted octanol–water partition coefficient (Wildman–Crippen LogP) is 20.9. The van der Waals surface area contributed by atoms with Gasteiger partial charge in [0.25, 0.3) is 0 Å². The molecule has 4 nitrogen and oxygen atoms in total. The summed E-state index contributed by atoms with van der Waals surface area (Å²) in [5.41, 5.74) is 27.2. The highest BCUT2D eigenvalue weighted by Crippen LogP contribution is 2.60. The van der Waals surface area contributed by atoms with Crippen molar-refractivity contribution in [3.63, 3.8) is 0 Å². The average molecular weight is 1060 g/mol. The first-order chi connectivity index (χ1) is 41.2. The number of nitrogens with zero attached hydrogens (tertiary/aromatic N) is 4. The van der Waals surface area contributed by atoms with Crippen LogP contribution in [-0.4, -0.2) is 13.7 Å². The normalized spacial score (nSPS) is 13.2. The molecule has 0 bridgehead atoms. The van der Waals surface area contributed by atoms with Gasteiger partial charge in [-0.1, -0.05) is 206 Å². The second-order valence-corrected chi connectivity index (χ2v) is 22.4.